The Morgan fingerprint density at radius 1 is 1.33 bits per heavy atom. The lowest BCUT2D eigenvalue weighted by atomic mass is 9.86. The number of ether oxygens (including phenoxy) is 1. The molecule has 0 saturated carbocycles. The van der Waals surface area contributed by atoms with Crippen molar-refractivity contribution in [3.05, 3.63) is 35.4 Å². The van der Waals surface area contributed by atoms with Gasteiger partial charge in [0.2, 0.25) is 0 Å². The second-order valence-corrected chi connectivity index (χ2v) is 6.32. The molecule has 1 aromatic carbocycles. The van der Waals surface area contributed by atoms with Crippen LogP contribution in [0, 0.1) is 6.92 Å². The first-order chi connectivity index (χ1) is 9.81. The molecule has 1 aliphatic heterocycles. The summed E-state index contributed by atoms with van der Waals surface area (Å²) in [6.07, 6.45) is 2.96. The van der Waals surface area contributed by atoms with Crippen molar-refractivity contribution in [3.8, 4) is 0 Å². The lowest BCUT2D eigenvalue weighted by molar-refractivity contribution is -0.142. The van der Waals surface area contributed by atoms with Crippen molar-refractivity contribution in [2.24, 2.45) is 0 Å². The minimum Gasteiger partial charge on any atom is -0.467 e. The third-order valence-corrected chi connectivity index (χ3v) is 4.20. The molecular weight excluding hydrogens is 262 g/mol. The van der Waals surface area contributed by atoms with Crippen molar-refractivity contribution in [1.29, 1.82) is 0 Å². The quantitative estimate of drug-likeness (QED) is 0.788. The van der Waals surface area contributed by atoms with Crippen molar-refractivity contribution < 1.29 is 9.53 Å². The second kappa shape index (κ2) is 5.55. The number of esters is 1. The van der Waals surface area contributed by atoms with Gasteiger partial charge in [0.15, 0.2) is 0 Å². The summed E-state index contributed by atoms with van der Waals surface area (Å²) in [5, 5.41) is 0. The molecule has 114 valence electrons. The maximum absolute atomic E-state index is 12.2. The Hall–Kier alpha value is -1.77. The third-order valence-electron chi connectivity index (χ3n) is 4.20. The zero-order valence-electron chi connectivity index (χ0n) is 13.9. The summed E-state index contributed by atoms with van der Waals surface area (Å²) in [5.41, 5.74) is 4.59. The standard InChI is InChI=1S/C18H25NO2/c1-7-15(17(20)21-6)19-16-9-8-12(2)10-14(16)13(3)11-18(19,4)5/h8-11,15H,7H2,1-6H3/t15-/m0/s1. The van der Waals surface area contributed by atoms with Gasteiger partial charge >= 0.3 is 5.97 Å². The fourth-order valence-corrected chi connectivity index (χ4v) is 3.32. The van der Waals surface area contributed by atoms with Gasteiger partial charge in [-0.3, -0.25) is 0 Å². The Balaban J connectivity index is 2.62. The summed E-state index contributed by atoms with van der Waals surface area (Å²) in [6, 6.07) is 6.14. The van der Waals surface area contributed by atoms with E-state index in [9.17, 15) is 4.79 Å². The smallest absolute Gasteiger partial charge is 0.328 e. The molecule has 21 heavy (non-hydrogen) atoms. The summed E-state index contributed by atoms with van der Waals surface area (Å²) in [4.78, 5) is 14.4. The molecule has 0 amide bonds. The predicted octanol–water partition coefficient (Wildman–Crippen LogP) is 3.95. The van der Waals surface area contributed by atoms with E-state index in [1.165, 1.54) is 23.8 Å². The maximum Gasteiger partial charge on any atom is 0.328 e. The van der Waals surface area contributed by atoms with Gasteiger partial charge in [0.1, 0.15) is 6.04 Å². The van der Waals surface area contributed by atoms with Crippen molar-refractivity contribution in [2.45, 2.75) is 52.6 Å². The average molecular weight is 287 g/mol. The normalized spacial score (nSPS) is 17.8. The minimum absolute atomic E-state index is 0.176. The molecule has 0 N–H and O–H groups in total. The van der Waals surface area contributed by atoms with Crippen molar-refractivity contribution >= 4 is 17.2 Å². The highest BCUT2D eigenvalue weighted by molar-refractivity contribution is 5.87. The summed E-state index contributed by atoms with van der Waals surface area (Å²) >= 11 is 0. The lowest BCUT2D eigenvalue weighted by Crippen LogP contribution is -2.54. The number of rotatable bonds is 3. The molecule has 1 atom stereocenters. The van der Waals surface area contributed by atoms with E-state index in [4.69, 9.17) is 4.74 Å². The molecule has 0 spiro atoms. The highest BCUT2D eigenvalue weighted by Gasteiger charge is 2.38. The largest absolute Gasteiger partial charge is 0.467 e. The third kappa shape index (κ3) is 2.69. The van der Waals surface area contributed by atoms with Crippen molar-refractivity contribution in [3.63, 3.8) is 0 Å². The fraction of sp³-hybridized carbons (Fsp3) is 0.500. The van der Waals surface area contributed by atoms with Gasteiger partial charge in [-0.2, -0.15) is 0 Å². The Morgan fingerprint density at radius 2 is 2.00 bits per heavy atom. The molecule has 0 saturated heterocycles. The van der Waals surface area contributed by atoms with Gasteiger partial charge in [-0.1, -0.05) is 24.6 Å². The predicted molar refractivity (Wildman–Crippen MR) is 87.5 cm³/mol. The van der Waals surface area contributed by atoms with Crippen molar-refractivity contribution in [2.75, 3.05) is 12.0 Å². The van der Waals surface area contributed by atoms with Crippen LogP contribution in [0.3, 0.4) is 0 Å². The van der Waals surface area contributed by atoms with Crippen LogP contribution in [0.4, 0.5) is 5.69 Å². The zero-order chi connectivity index (χ0) is 15.8. The van der Waals surface area contributed by atoms with E-state index < -0.39 is 0 Å². The van der Waals surface area contributed by atoms with Crippen LogP contribution < -0.4 is 4.90 Å². The van der Waals surface area contributed by atoms with Crippen LogP contribution >= 0.6 is 0 Å². The molecule has 0 aliphatic carbocycles. The van der Waals surface area contributed by atoms with Gasteiger partial charge in [-0.05, 0) is 51.8 Å². The zero-order valence-corrected chi connectivity index (χ0v) is 13.9. The number of benzene rings is 1. The van der Waals surface area contributed by atoms with E-state index in [1.54, 1.807) is 0 Å². The molecular formula is C18H25NO2. The molecule has 3 nitrogen and oxygen atoms in total. The van der Waals surface area contributed by atoms with E-state index in [0.29, 0.717) is 0 Å². The maximum atomic E-state index is 12.2. The molecule has 1 heterocycles. The van der Waals surface area contributed by atoms with Gasteiger partial charge in [-0.25, -0.2) is 4.79 Å². The van der Waals surface area contributed by atoms with Crippen LogP contribution in [-0.2, 0) is 9.53 Å². The Kier molecular flexibility index (Phi) is 4.13. The molecule has 0 bridgehead atoms. The van der Waals surface area contributed by atoms with E-state index in [1.807, 2.05) is 6.92 Å². The van der Waals surface area contributed by atoms with E-state index >= 15 is 0 Å². The van der Waals surface area contributed by atoms with Gasteiger partial charge in [0.25, 0.3) is 0 Å². The first-order valence-electron chi connectivity index (χ1n) is 7.49. The fourth-order valence-electron chi connectivity index (χ4n) is 3.32. The highest BCUT2D eigenvalue weighted by Crippen LogP contribution is 2.41. The van der Waals surface area contributed by atoms with Gasteiger partial charge in [0.05, 0.1) is 12.6 Å². The number of carbonyl (C=O) groups excluding carboxylic acids is 1. The number of fused-ring (bicyclic) bond motifs is 1. The van der Waals surface area contributed by atoms with E-state index in [2.05, 4.69) is 56.9 Å². The average Bonchev–Trinajstić information content (AvgIpc) is 2.42. The van der Waals surface area contributed by atoms with Crippen LogP contribution in [0.5, 0.6) is 0 Å². The van der Waals surface area contributed by atoms with Crippen molar-refractivity contribution in [1.82, 2.24) is 0 Å². The number of nitrogens with zero attached hydrogens (tertiary/aromatic N) is 1. The van der Waals surface area contributed by atoms with Gasteiger partial charge in [0, 0.05) is 11.3 Å². The summed E-state index contributed by atoms with van der Waals surface area (Å²) in [7, 11) is 1.46. The minimum atomic E-state index is -0.268. The summed E-state index contributed by atoms with van der Waals surface area (Å²) < 4.78 is 5.01. The monoisotopic (exact) mass is 287 g/mol. The number of hydrogen-bond acceptors (Lipinski definition) is 3. The molecule has 2 rings (SSSR count). The lowest BCUT2D eigenvalue weighted by Gasteiger charge is -2.46. The molecule has 0 radical (unpaired) electrons. The molecule has 1 aromatic rings. The summed E-state index contributed by atoms with van der Waals surface area (Å²) in [5.74, 6) is -0.176. The number of carbonyl (C=O) groups is 1. The molecule has 1 aliphatic rings. The van der Waals surface area contributed by atoms with Crippen LogP contribution in [0.2, 0.25) is 0 Å². The Labute approximate surface area is 127 Å². The molecule has 0 aromatic heterocycles. The number of aryl methyl sites for hydroxylation is 1. The molecule has 3 heteroatoms. The molecule has 0 unspecified atom stereocenters. The van der Waals surface area contributed by atoms with Crippen LogP contribution in [0.1, 0.15) is 45.2 Å². The van der Waals surface area contributed by atoms with E-state index in [-0.39, 0.29) is 17.6 Å². The Bertz CT molecular complexity index is 587. The number of allylic oxidation sites excluding steroid dienone is 1. The van der Waals surface area contributed by atoms with Gasteiger partial charge in [-0.15, -0.1) is 0 Å². The van der Waals surface area contributed by atoms with E-state index in [0.717, 1.165) is 12.1 Å². The SMILES string of the molecule is CC[C@@H](C(=O)OC)N1c2ccc(C)cc2C(C)=CC1(C)C. The first kappa shape index (κ1) is 15.6. The van der Waals surface area contributed by atoms with Crippen LogP contribution in [0.25, 0.3) is 5.57 Å². The van der Waals surface area contributed by atoms with Crippen LogP contribution in [-0.4, -0.2) is 24.7 Å². The first-order valence-corrected chi connectivity index (χ1v) is 7.49. The van der Waals surface area contributed by atoms with Gasteiger partial charge < -0.3 is 9.64 Å². The second-order valence-electron chi connectivity index (χ2n) is 6.32. The molecule has 0 fully saturated rings. The summed E-state index contributed by atoms with van der Waals surface area (Å²) in [6.45, 7) is 10.5. The topological polar surface area (TPSA) is 29.5 Å². The Morgan fingerprint density at radius 3 is 2.57 bits per heavy atom. The number of methoxy groups -OCH3 is 1. The highest BCUT2D eigenvalue weighted by atomic mass is 16.5. The number of hydrogen-bond donors (Lipinski definition) is 0. The van der Waals surface area contributed by atoms with Crippen LogP contribution in [0.15, 0.2) is 24.3 Å². The number of anilines is 1.